The van der Waals surface area contributed by atoms with Crippen LogP contribution in [0.3, 0.4) is 0 Å². The van der Waals surface area contributed by atoms with E-state index in [4.69, 9.17) is 10.3 Å². The lowest BCUT2D eigenvalue weighted by molar-refractivity contribution is 0.418. The Morgan fingerprint density at radius 1 is 1.32 bits per heavy atom. The van der Waals surface area contributed by atoms with E-state index in [1.807, 2.05) is 6.92 Å². The molecule has 0 amide bonds. The van der Waals surface area contributed by atoms with Crippen LogP contribution in [0.4, 0.5) is 4.39 Å². The average molecular weight is 420 g/mol. The van der Waals surface area contributed by atoms with Crippen LogP contribution in [0.2, 0.25) is 0 Å². The van der Waals surface area contributed by atoms with Crippen LogP contribution in [0.1, 0.15) is 18.4 Å². The van der Waals surface area contributed by atoms with Gasteiger partial charge in [-0.2, -0.15) is 0 Å². The molecule has 0 aliphatic carbocycles. The molecule has 158 valence electrons. The van der Waals surface area contributed by atoms with Crippen LogP contribution < -0.4 is 11.3 Å². The van der Waals surface area contributed by atoms with Gasteiger partial charge in [-0.15, -0.1) is 0 Å². The van der Waals surface area contributed by atoms with Gasteiger partial charge in [0.15, 0.2) is 5.82 Å². The highest BCUT2D eigenvalue weighted by Crippen LogP contribution is 2.13. The summed E-state index contributed by atoms with van der Waals surface area (Å²) in [6.45, 7) is 1.32. The number of aromatic nitrogens is 4. The highest BCUT2D eigenvalue weighted by Gasteiger charge is 2.10. The zero-order valence-corrected chi connectivity index (χ0v) is 16.8. The van der Waals surface area contributed by atoms with E-state index in [1.54, 1.807) is 48.8 Å². The summed E-state index contributed by atoms with van der Waals surface area (Å²) < 4.78 is 18.1. The van der Waals surface area contributed by atoms with Crippen molar-refractivity contribution in [3.05, 3.63) is 94.8 Å². The van der Waals surface area contributed by atoms with Crippen molar-refractivity contribution in [3.63, 3.8) is 0 Å². The molecule has 0 fully saturated rings. The minimum atomic E-state index is -0.634. The molecule has 0 bridgehead atoms. The highest BCUT2D eigenvalue weighted by molar-refractivity contribution is 6.10. The maximum absolute atomic E-state index is 13.2. The van der Waals surface area contributed by atoms with Crippen molar-refractivity contribution in [2.24, 2.45) is 10.7 Å². The molecule has 3 aromatic heterocycles. The van der Waals surface area contributed by atoms with E-state index in [0.717, 1.165) is 0 Å². The maximum atomic E-state index is 13.2. The fourth-order valence-corrected chi connectivity index (χ4v) is 2.60. The number of nitrogens with two attached hydrogens (primary N) is 1. The number of nitrogens with zero attached hydrogens (tertiary/aromatic N) is 4. The minimum Gasteiger partial charge on any atom is -0.396 e. The van der Waals surface area contributed by atoms with E-state index >= 15 is 0 Å². The standard InChI is InChI=1S/C22H21FN6O2/c1-2-3-4-15(12-23)13-26-20(19-7-10-31-29-19)11-18(24)21-27-14-17(22(30)28-21)16-5-8-25-9-6-16/h2-11,14H,12-13,24H2,1H3,(H,27,28,30)/b3-2-,15-4+,18-11?,26-20?. The van der Waals surface area contributed by atoms with E-state index in [1.165, 1.54) is 18.5 Å². The van der Waals surface area contributed by atoms with Gasteiger partial charge in [0, 0.05) is 24.7 Å². The molecule has 3 heterocycles. The number of hydrogen-bond acceptors (Lipinski definition) is 7. The van der Waals surface area contributed by atoms with Gasteiger partial charge in [-0.25, -0.2) is 9.37 Å². The second-order valence-electron chi connectivity index (χ2n) is 6.38. The molecule has 0 aliphatic rings. The van der Waals surface area contributed by atoms with Crippen LogP contribution in [0.5, 0.6) is 0 Å². The first-order valence-electron chi connectivity index (χ1n) is 9.41. The summed E-state index contributed by atoms with van der Waals surface area (Å²) in [5.74, 6) is 0.175. The van der Waals surface area contributed by atoms with Crippen LogP contribution in [-0.2, 0) is 0 Å². The van der Waals surface area contributed by atoms with Gasteiger partial charge in [0.2, 0.25) is 0 Å². The van der Waals surface area contributed by atoms with Crippen LogP contribution >= 0.6 is 0 Å². The molecule has 0 saturated carbocycles. The van der Waals surface area contributed by atoms with Gasteiger partial charge in [0.05, 0.1) is 23.5 Å². The second kappa shape index (κ2) is 10.6. The Morgan fingerprint density at radius 3 is 2.77 bits per heavy atom. The third-order valence-electron chi connectivity index (χ3n) is 4.21. The monoisotopic (exact) mass is 420 g/mol. The molecule has 8 nitrogen and oxygen atoms in total. The Morgan fingerprint density at radius 2 is 2.13 bits per heavy atom. The first-order valence-corrected chi connectivity index (χ1v) is 9.41. The molecule has 0 aliphatic heterocycles. The highest BCUT2D eigenvalue weighted by atomic mass is 19.1. The molecule has 3 aromatic rings. The fraction of sp³-hybridized carbons (Fsp3) is 0.136. The lowest BCUT2D eigenvalue weighted by Gasteiger charge is -2.05. The molecule has 0 spiro atoms. The second-order valence-corrected chi connectivity index (χ2v) is 6.38. The Bertz CT molecular complexity index is 1180. The number of hydrogen-bond donors (Lipinski definition) is 2. The molecule has 3 rings (SSSR count). The van der Waals surface area contributed by atoms with Gasteiger partial charge >= 0.3 is 0 Å². The van der Waals surface area contributed by atoms with Gasteiger partial charge in [-0.3, -0.25) is 14.8 Å². The number of rotatable bonds is 8. The van der Waals surface area contributed by atoms with Gasteiger partial charge in [-0.05, 0) is 36.3 Å². The minimum absolute atomic E-state index is 0.109. The number of alkyl halides is 1. The predicted molar refractivity (Wildman–Crippen MR) is 117 cm³/mol. The molecular formula is C22H21FN6O2. The normalized spacial score (nSPS) is 13.2. The van der Waals surface area contributed by atoms with Crippen molar-refractivity contribution >= 4 is 11.4 Å². The van der Waals surface area contributed by atoms with E-state index in [0.29, 0.717) is 28.1 Å². The quantitative estimate of drug-likeness (QED) is 0.426. The number of nitrogens with one attached hydrogen (secondary N) is 1. The number of halogens is 1. The zero-order valence-electron chi connectivity index (χ0n) is 16.8. The van der Waals surface area contributed by atoms with E-state index in [-0.39, 0.29) is 23.6 Å². The van der Waals surface area contributed by atoms with Gasteiger partial charge in [0.25, 0.3) is 5.56 Å². The maximum Gasteiger partial charge on any atom is 0.259 e. The van der Waals surface area contributed by atoms with Crippen LogP contribution in [0.15, 0.2) is 87.2 Å². The molecule has 3 N–H and O–H groups in total. The van der Waals surface area contributed by atoms with Crippen molar-refractivity contribution in [1.29, 1.82) is 0 Å². The Hall–Kier alpha value is -4.14. The van der Waals surface area contributed by atoms with Crippen molar-refractivity contribution in [2.45, 2.75) is 6.92 Å². The number of aromatic amines is 1. The van der Waals surface area contributed by atoms with Crippen molar-refractivity contribution < 1.29 is 8.91 Å². The summed E-state index contributed by atoms with van der Waals surface area (Å²) in [4.78, 5) is 27.8. The Labute approximate surface area is 177 Å². The van der Waals surface area contributed by atoms with Crippen LogP contribution in [0, 0.1) is 0 Å². The molecule has 0 aromatic carbocycles. The fourth-order valence-electron chi connectivity index (χ4n) is 2.60. The molecule has 0 radical (unpaired) electrons. The van der Waals surface area contributed by atoms with E-state index in [2.05, 4.69) is 25.1 Å². The van der Waals surface area contributed by atoms with Gasteiger partial charge < -0.3 is 15.2 Å². The Balaban J connectivity index is 1.92. The molecule has 0 unspecified atom stereocenters. The summed E-state index contributed by atoms with van der Waals surface area (Å²) in [5.41, 5.74) is 8.33. The summed E-state index contributed by atoms with van der Waals surface area (Å²) in [6, 6.07) is 5.03. The van der Waals surface area contributed by atoms with E-state index < -0.39 is 6.67 Å². The largest absolute Gasteiger partial charge is 0.396 e. The topological polar surface area (TPSA) is 123 Å². The first kappa shape index (κ1) is 21.6. The summed E-state index contributed by atoms with van der Waals surface area (Å²) >= 11 is 0. The number of H-pyrrole nitrogens is 1. The Kier molecular flexibility index (Phi) is 7.36. The summed E-state index contributed by atoms with van der Waals surface area (Å²) in [5, 5.41) is 3.87. The molecular weight excluding hydrogens is 399 g/mol. The molecule has 31 heavy (non-hydrogen) atoms. The SMILES string of the molecule is C/C=C\C=C(/CF)CN=C(C=C(N)c1ncc(-c2ccncc2)c(=O)[nH]1)c1ccon1. The molecule has 9 heteroatoms. The van der Waals surface area contributed by atoms with Gasteiger partial charge in [-0.1, -0.05) is 23.4 Å². The summed E-state index contributed by atoms with van der Waals surface area (Å²) in [6.07, 6.45) is 12.7. The van der Waals surface area contributed by atoms with Crippen molar-refractivity contribution in [2.75, 3.05) is 13.2 Å². The zero-order chi connectivity index (χ0) is 22.1. The number of aliphatic imine (C=N–C) groups is 1. The lowest BCUT2D eigenvalue weighted by Crippen LogP contribution is -2.16. The lowest BCUT2D eigenvalue weighted by atomic mass is 10.1. The summed E-state index contributed by atoms with van der Waals surface area (Å²) in [7, 11) is 0. The number of pyridine rings is 1. The van der Waals surface area contributed by atoms with Gasteiger partial charge in [0.1, 0.15) is 18.6 Å². The number of allylic oxidation sites excluding steroid dienone is 4. The molecule has 0 saturated heterocycles. The van der Waals surface area contributed by atoms with Crippen molar-refractivity contribution in [3.8, 4) is 11.1 Å². The smallest absolute Gasteiger partial charge is 0.259 e. The van der Waals surface area contributed by atoms with E-state index in [9.17, 15) is 9.18 Å². The van der Waals surface area contributed by atoms with Crippen LogP contribution in [-0.4, -0.2) is 39.0 Å². The average Bonchev–Trinajstić information content (AvgIpc) is 3.33. The van der Waals surface area contributed by atoms with Crippen LogP contribution in [0.25, 0.3) is 16.8 Å². The van der Waals surface area contributed by atoms with Crippen molar-refractivity contribution in [1.82, 2.24) is 20.1 Å². The predicted octanol–water partition coefficient (Wildman–Crippen LogP) is 3.08. The third-order valence-corrected chi connectivity index (χ3v) is 4.21. The first-order chi connectivity index (χ1) is 15.1. The molecule has 0 atom stereocenters. The third kappa shape index (κ3) is 5.69.